The second kappa shape index (κ2) is 5.93. The van der Waals surface area contributed by atoms with Crippen molar-refractivity contribution in [3.8, 4) is 0 Å². The normalized spacial score (nSPS) is 19.3. The fourth-order valence-electron chi connectivity index (χ4n) is 2.24. The fourth-order valence-corrected chi connectivity index (χ4v) is 2.24. The second-order valence-electron chi connectivity index (χ2n) is 4.50. The lowest BCUT2D eigenvalue weighted by Crippen LogP contribution is -2.50. The van der Waals surface area contributed by atoms with Crippen molar-refractivity contribution < 1.29 is 0 Å². The molecule has 2 rings (SSSR count). The quantitative estimate of drug-likeness (QED) is 0.815. The van der Waals surface area contributed by atoms with Crippen LogP contribution in [0.25, 0.3) is 0 Å². The summed E-state index contributed by atoms with van der Waals surface area (Å²) in [6, 6.07) is 2.43. The van der Waals surface area contributed by atoms with Gasteiger partial charge in [-0.2, -0.15) is 0 Å². The van der Waals surface area contributed by atoms with Gasteiger partial charge in [0.05, 0.1) is 0 Å². The van der Waals surface area contributed by atoms with Crippen molar-refractivity contribution in [2.45, 2.75) is 19.4 Å². The molecule has 2 N–H and O–H groups in total. The first-order valence-electron chi connectivity index (χ1n) is 6.27. The van der Waals surface area contributed by atoms with E-state index in [1.54, 1.807) is 12.4 Å². The Labute approximate surface area is 103 Å². The molecule has 0 amide bonds. The Morgan fingerprint density at radius 1 is 1.24 bits per heavy atom. The summed E-state index contributed by atoms with van der Waals surface area (Å²) in [5.74, 6) is 0.846. The van der Waals surface area contributed by atoms with E-state index in [1.807, 2.05) is 6.07 Å². The zero-order valence-electron chi connectivity index (χ0n) is 10.4. The first-order chi connectivity index (χ1) is 8.31. The minimum Gasteiger partial charge on any atom is -0.338 e. The van der Waals surface area contributed by atoms with E-state index >= 15 is 0 Å². The average molecular weight is 235 g/mol. The van der Waals surface area contributed by atoms with E-state index in [4.69, 9.17) is 5.73 Å². The maximum atomic E-state index is 5.60. The lowest BCUT2D eigenvalue weighted by Gasteiger charge is -2.37. The van der Waals surface area contributed by atoms with E-state index in [9.17, 15) is 0 Å². The van der Waals surface area contributed by atoms with Crippen molar-refractivity contribution >= 4 is 5.95 Å². The van der Waals surface area contributed by atoms with E-state index in [-0.39, 0.29) is 0 Å². The molecule has 1 aromatic rings. The summed E-state index contributed by atoms with van der Waals surface area (Å²) in [6.45, 7) is 7.15. The van der Waals surface area contributed by atoms with E-state index in [2.05, 4.69) is 26.7 Å². The summed E-state index contributed by atoms with van der Waals surface area (Å²) in [4.78, 5) is 13.3. The molecule has 17 heavy (non-hydrogen) atoms. The highest BCUT2D eigenvalue weighted by molar-refractivity contribution is 5.29. The van der Waals surface area contributed by atoms with Gasteiger partial charge in [0.15, 0.2) is 0 Å². The lowest BCUT2D eigenvalue weighted by molar-refractivity contribution is 0.189. The van der Waals surface area contributed by atoms with Crippen molar-refractivity contribution in [1.29, 1.82) is 0 Å². The minimum absolute atomic E-state index is 0.582. The molecule has 1 saturated heterocycles. The summed E-state index contributed by atoms with van der Waals surface area (Å²) < 4.78 is 0. The number of anilines is 1. The molecule has 1 aliphatic heterocycles. The third-order valence-electron chi connectivity index (χ3n) is 3.36. The van der Waals surface area contributed by atoms with Crippen LogP contribution in [-0.2, 0) is 0 Å². The van der Waals surface area contributed by atoms with Crippen LogP contribution in [0.3, 0.4) is 0 Å². The third kappa shape index (κ3) is 3.14. The molecular weight excluding hydrogens is 214 g/mol. The zero-order chi connectivity index (χ0) is 12.1. The lowest BCUT2D eigenvalue weighted by atomic mass is 10.2. The van der Waals surface area contributed by atoms with Crippen LogP contribution >= 0.6 is 0 Å². The Morgan fingerprint density at radius 2 is 1.88 bits per heavy atom. The molecule has 0 radical (unpaired) electrons. The van der Waals surface area contributed by atoms with E-state index < -0.39 is 0 Å². The van der Waals surface area contributed by atoms with Gasteiger partial charge in [-0.05, 0) is 26.0 Å². The third-order valence-corrected chi connectivity index (χ3v) is 3.36. The predicted molar refractivity (Wildman–Crippen MR) is 69.0 cm³/mol. The molecule has 0 bridgehead atoms. The number of hydrogen-bond acceptors (Lipinski definition) is 5. The number of aromatic nitrogens is 2. The van der Waals surface area contributed by atoms with Crippen molar-refractivity contribution in [1.82, 2.24) is 14.9 Å². The molecule has 5 heteroatoms. The molecule has 1 aromatic heterocycles. The standard InChI is InChI=1S/C12H21N5/c1-11(3-4-13)16-7-9-17(10-8-16)12-14-5-2-6-15-12/h2,5-6,11H,3-4,7-10,13H2,1H3. The molecule has 94 valence electrons. The molecule has 0 aromatic carbocycles. The molecule has 0 saturated carbocycles. The number of nitrogens with zero attached hydrogens (tertiary/aromatic N) is 4. The molecule has 5 nitrogen and oxygen atoms in total. The van der Waals surface area contributed by atoms with Gasteiger partial charge < -0.3 is 10.6 Å². The van der Waals surface area contributed by atoms with Gasteiger partial charge in [0.2, 0.25) is 5.95 Å². The van der Waals surface area contributed by atoms with Crippen LogP contribution in [0.4, 0.5) is 5.95 Å². The SMILES string of the molecule is CC(CCN)N1CCN(c2ncccn2)CC1. The summed E-state index contributed by atoms with van der Waals surface area (Å²) in [6.07, 6.45) is 4.67. The molecule has 0 spiro atoms. The van der Waals surface area contributed by atoms with Crippen LogP contribution in [-0.4, -0.2) is 53.6 Å². The number of rotatable bonds is 4. The van der Waals surface area contributed by atoms with Crippen LogP contribution in [0, 0.1) is 0 Å². The molecule has 0 aliphatic carbocycles. The average Bonchev–Trinajstić information content (AvgIpc) is 2.40. The second-order valence-corrected chi connectivity index (χ2v) is 4.50. The summed E-state index contributed by atoms with van der Waals surface area (Å²) in [5, 5.41) is 0. The number of piperazine rings is 1. The molecule has 2 heterocycles. The van der Waals surface area contributed by atoms with Crippen molar-refractivity contribution in [2.75, 3.05) is 37.6 Å². The first kappa shape index (κ1) is 12.3. The van der Waals surface area contributed by atoms with Gasteiger partial charge in [0, 0.05) is 44.6 Å². The van der Waals surface area contributed by atoms with Gasteiger partial charge in [0.1, 0.15) is 0 Å². The Kier molecular flexibility index (Phi) is 4.28. The summed E-state index contributed by atoms with van der Waals surface area (Å²) >= 11 is 0. The van der Waals surface area contributed by atoms with Crippen LogP contribution in [0.1, 0.15) is 13.3 Å². The van der Waals surface area contributed by atoms with Crippen LogP contribution in [0.5, 0.6) is 0 Å². The Bertz CT molecular complexity index is 321. The van der Waals surface area contributed by atoms with Gasteiger partial charge in [0.25, 0.3) is 0 Å². The van der Waals surface area contributed by atoms with Gasteiger partial charge in [-0.15, -0.1) is 0 Å². The predicted octanol–water partition coefficient (Wildman–Crippen LogP) is 0.336. The van der Waals surface area contributed by atoms with Crippen molar-refractivity contribution in [3.63, 3.8) is 0 Å². The van der Waals surface area contributed by atoms with Crippen LogP contribution < -0.4 is 10.6 Å². The highest BCUT2D eigenvalue weighted by Crippen LogP contribution is 2.12. The molecule has 1 fully saturated rings. The van der Waals surface area contributed by atoms with Crippen molar-refractivity contribution in [3.05, 3.63) is 18.5 Å². The topological polar surface area (TPSA) is 58.3 Å². The first-order valence-corrected chi connectivity index (χ1v) is 6.27. The summed E-state index contributed by atoms with van der Waals surface area (Å²) in [5.41, 5.74) is 5.60. The maximum absolute atomic E-state index is 5.60. The molecule has 1 unspecified atom stereocenters. The van der Waals surface area contributed by atoms with Gasteiger partial charge in [-0.1, -0.05) is 0 Å². The highest BCUT2D eigenvalue weighted by Gasteiger charge is 2.21. The smallest absolute Gasteiger partial charge is 0.225 e. The molecule has 1 atom stereocenters. The van der Waals surface area contributed by atoms with Crippen LogP contribution in [0.15, 0.2) is 18.5 Å². The Hall–Kier alpha value is -1.20. The maximum Gasteiger partial charge on any atom is 0.225 e. The van der Waals surface area contributed by atoms with E-state index in [0.29, 0.717) is 6.04 Å². The van der Waals surface area contributed by atoms with Gasteiger partial charge in [-0.3, -0.25) is 4.90 Å². The van der Waals surface area contributed by atoms with Gasteiger partial charge >= 0.3 is 0 Å². The van der Waals surface area contributed by atoms with Crippen LogP contribution in [0.2, 0.25) is 0 Å². The van der Waals surface area contributed by atoms with Crippen molar-refractivity contribution in [2.24, 2.45) is 5.73 Å². The highest BCUT2D eigenvalue weighted by atomic mass is 15.3. The Morgan fingerprint density at radius 3 is 2.47 bits per heavy atom. The van der Waals surface area contributed by atoms with E-state index in [1.165, 1.54) is 0 Å². The van der Waals surface area contributed by atoms with Gasteiger partial charge in [-0.25, -0.2) is 9.97 Å². The largest absolute Gasteiger partial charge is 0.338 e. The van der Waals surface area contributed by atoms with E-state index in [0.717, 1.165) is 45.1 Å². The number of hydrogen-bond donors (Lipinski definition) is 1. The molecule has 1 aliphatic rings. The minimum atomic E-state index is 0.582. The fraction of sp³-hybridized carbons (Fsp3) is 0.667. The number of nitrogens with two attached hydrogens (primary N) is 1. The zero-order valence-corrected chi connectivity index (χ0v) is 10.4. The molecular formula is C12H21N5. The Balaban J connectivity index is 1.86. The monoisotopic (exact) mass is 235 g/mol. The summed E-state index contributed by atoms with van der Waals surface area (Å²) in [7, 11) is 0.